The van der Waals surface area contributed by atoms with Crippen molar-refractivity contribution in [2.75, 3.05) is 7.05 Å². The zero-order valence-electron chi connectivity index (χ0n) is 11.5. The molecule has 0 bridgehead atoms. The van der Waals surface area contributed by atoms with Crippen LogP contribution in [0.4, 0.5) is 4.39 Å². The average molecular weight is 266 g/mol. The zero-order valence-corrected chi connectivity index (χ0v) is 11.5. The number of halogens is 1. The first-order chi connectivity index (χ1) is 9.11. The van der Waals surface area contributed by atoms with Crippen LogP contribution in [0.3, 0.4) is 0 Å². The van der Waals surface area contributed by atoms with E-state index in [1.807, 2.05) is 7.05 Å². The van der Waals surface area contributed by atoms with Gasteiger partial charge in [0.15, 0.2) is 0 Å². The fraction of sp³-hybridized carbons (Fsp3) is 0.600. The molecule has 19 heavy (non-hydrogen) atoms. The highest BCUT2D eigenvalue weighted by Crippen LogP contribution is 2.24. The molecular formula is C15H23FN2O. The summed E-state index contributed by atoms with van der Waals surface area (Å²) in [6.07, 6.45) is 3.93. The van der Waals surface area contributed by atoms with Crippen molar-refractivity contribution in [2.45, 2.75) is 50.9 Å². The van der Waals surface area contributed by atoms with E-state index in [1.54, 1.807) is 6.07 Å². The number of nitrogens with zero attached hydrogens (tertiary/aromatic N) is 1. The molecule has 1 saturated carbocycles. The summed E-state index contributed by atoms with van der Waals surface area (Å²) in [5.41, 5.74) is 7.56. The lowest BCUT2D eigenvalue weighted by Crippen LogP contribution is -2.43. The van der Waals surface area contributed by atoms with Gasteiger partial charge in [0.05, 0.1) is 6.10 Å². The molecule has 3 N–H and O–H groups in total. The Morgan fingerprint density at radius 3 is 2.74 bits per heavy atom. The van der Waals surface area contributed by atoms with Gasteiger partial charge in [-0.05, 0) is 43.1 Å². The van der Waals surface area contributed by atoms with Gasteiger partial charge < -0.3 is 10.8 Å². The number of aliphatic hydroxyl groups is 1. The lowest BCUT2D eigenvalue weighted by molar-refractivity contribution is 0.0287. The van der Waals surface area contributed by atoms with Crippen LogP contribution in [0.1, 0.15) is 36.8 Å². The third kappa shape index (κ3) is 3.53. The summed E-state index contributed by atoms with van der Waals surface area (Å²) in [6, 6.07) is 4.97. The number of aliphatic hydroxyl groups excluding tert-OH is 1. The van der Waals surface area contributed by atoms with E-state index in [0.29, 0.717) is 13.1 Å². The van der Waals surface area contributed by atoms with E-state index >= 15 is 0 Å². The smallest absolute Gasteiger partial charge is 0.123 e. The Morgan fingerprint density at radius 1 is 1.32 bits per heavy atom. The molecule has 3 nitrogen and oxygen atoms in total. The highest BCUT2D eigenvalue weighted by molar-refractivity contribution is 5.27. The van der Waals surface area contributed by atoms with Crippen molar-refractivity contribution in [3.8, 4) is 0 Å². The number of hydrogen-bond acceptors (Lipinski definition) is 3. The van der Waals surface area contributed by atoms with Crippen molar-refractivity contribution in [3.05, 3.63) is 35.1 Å². The first-order valence-corrected chi connectivity index (χ1v) is 6.97. The maximum atomic E-state index is 13.2. The second-order valence-corrected chi connectivity index (χ2v) is 5.45. The van der Waals surface area contributed by atoms with Crippen molar-refractivity contribution in [3.63, 3.8) is 0 Å². The van der Waals surface area contributed by atoms with Crippen LogP contribution in [0.15, 0.2) is 18.2 Å². The van der Waals surface area contributed by atoms with Gasteiger partial charge in [0.1, 0.15) is 5.82 Å². The minimum Gasteiger partial charge on any atom is -0.391 e. The second kappa shape index (κ2) is 6.46. The number of hydrogen-bond donors (Lipinski definition) is 2. The van der Waals surface area contributed by atoms with Gasteiger partial charge in [-0.1, -0.05) is 18.9 Å². The van der Waals surface area contributed by atoms with Crippen LogP contribution in [0.25, 0.3) is 0 Å². The van der Waals surface area contributed by atoms with Gasteiger partial charge in [0.2, 0.25) is 0 Å². The molecule has 0 heterocycles. The highest BCUT2D eigenvalue weighted by atomic mass is 19.1. The van der Waals surface area contributed by atoms with Crippen LogP contribution in [0.5, 0.6) is 0 Å². The molecule has 106 valence electrons. The molecule has 2 rings (SSSR count). The van der Waals surface area contributed by atoms with E-state index in [2.05, 4.69) is 4.90 Å². The third-order valence-electron chi connectivity index (χ3n) is 4.07. The Morgan fingerprint density at radius 2 is 2.05 bits per heavy atom. The summed E-state index contributed by atoms with van der Waals surface area (Å²) >= 11 is 0. The first-order valence-electron chi connectivity index (χ1n) is 6.97. The van der Waals surface area contributed by atoms with Gasteiger partial charge in [-0.2, -0.15) is 0 Å². The molecule has 0 spiro atoms. The van der Waals surface area contributed by atoms with E-state index in [9.17, 15) is 9.50 Å². The zero-order chi connectivity index (χ0) is 13.8. The summed E-state index contributed by atoms with van der Waals surface area (Å²) < 4.78 is 13.2. The predicted molar refractivity (Wildman–Crippen MR) is 74.0 cm³/mol. The molecule has 1 aromatic rings. The van der Waals surface area contributed by atoms with Gasteiger partial charge >= 0.3 is 0 Å². The van der Waals surface area contributed by atoms with E-state index < -0.39 is 0 Å². The van der Waals surface area contributed by atoms with Crippen molar-refractivity contribution < 1.29 is 9.50 Å². The molecule has 1 fully saturated rings. The fourth-order valence-corrected chi connectivity index (χ4v) is 2.93. The fourth-order valence-electron chi connectivity index (χ4n) is 2.93. The van der Waals surface area contributed by atoms with Crippen molar-refractivity contribution in [1.29, 1.82) is 0 Å². The van der Waals surface area contributed by atoms with Crippen LogP contribution >= 0.6 is 0 Å². The van der Waals surface area contributed by atoms with Gasteiger partial charge in [-0.25, -0.2) is 4.39 Å². The Labute approximate surface area is 114 Å². The van der Waals surface area contributed by atoms with E-state index in [-0.39, 0.29) is 18.0 Å². The topological polar surface area (TPSA) is 49.5 Å². The van der Waals surface area contributed by atoms with Crippen molar-refractivity contribution in [2.24, 2.45) is 5.73 Å². The minimum atomic E-state index is -0.250. The quantitative estimate of drug-likeness (QED) is 0.876. The van der Waals surface area contributed by atoms with Crippen LogP contribution < -0.4 is 5.73 Å². The van der Waals surface area contributed by atoms with Crippen LogP contribution in [-0.4, -0.2) is 29.2 Å². The van der Waals surface area contributed by atoms with Gasteiger partial charge in [-0.3, -0.25) is 4.90 Å². The summed E-state index contributed by atoms with van der Waals surface area (Å²) in [5, 5.41) is 10.1. The summed E-state index contributed by atoms with van der Waals surface area (Å²) in [7, 11) is 2.02. The molecule has 4 heteroatoms. The highest BCUT2D eigenvalue weighted by Gasteiger charge is 2.26. The lowest BCUT2D eigenvalue weighted by atomic mass is 9.91. The summed E-state index contributed by atoms with van der Waals surface area (Å²) in [5.74, 6) is -0.246. The Bertz CT molecular complexity index is 425. The molecular weight excluding hydrogens is 243 g/mol. The lowest BCUT2D eigenvalue weighted by Gasteiger charge is -2.35. The van der Waals surface area contributed by atoms with Crippen LogP contribution in [0, 0.1) is 5.82 Å². The summed E-state index contributed by atoms with van der Waals surface area (Å²) in [4.78, 5) is 2.16. The van der Waals surface area contributed by atoms with Gasteiger partial charge in [-0.15, -0.1) is 0 Å². The monoisotopic (exact) mass is 266 g/mol. The van der Waals surface area contributed by atoms with E-state index in [1.165, 1.54) is 18.6 Å². The Kier molecular flexibility index (Phi) is 4.91. The number of likely N-dealkylation sites (N-methyl/N-ethyl adjacent to an activating group) is 1. The molecule has 0 amide bonds. The van der Waals surface area contributed by atoms with E-state index in [4.69, 9.17) is 5.73 Å². The standard InChI is InChI=1S/C15H23FN2O/c1-18(14-4-2-3-5-15(14)19)10-11-6-7-13(16)8-12(11)9-17/h6-8,14-15,19H,2-5,9-10,17H2,1H3. The molecule has 1 aliphatic rings. The Balaban J connectivity index is 2.07. The van der Waals surface area contributed by atoms with Crippen LogP contribution in [0.2, 0.25) is 0 Å². The number of rotatable bonds is 4. The third-order valence-corrected chi connectivity index (χ3v) is 4.07. The van der Waals surface area contributed by atoms with Crippen molar-refractivity contribution >= 4 is 0 Å². The van der Waals surface area contributed by atoms with Gasteiger partial charge in [0, 0.05) is 19.1 Å². The molecule has 2 unspecified atom stereocenters. The largest absolute Gasteiger partial charge is 0.391 e. The van der Waals surface area contributed by atoms with Crippen molar-refractivity contribution in [1.82, 2.24) is 4.90 Å². The predicted octanol–water partition coefficient (Wildman–Crippen LogP) is 2.02. The first kappa shape index (κ1) is 14.4. The number of benzene rings is 1. The Hall–Kier alpha value is -0.970. The van der Waals surface area contributed by atoms with Crippen LogP contribution in [-0.2, 0) is 13.1 Å². The second-order valence-electron chi connectivity index (χ2n) is 5.45. The molecule has 0 radical (unpaired) electrons. The molecule has 0 aromatic heterocycles. The maximum Gasteiger partial charge on any atom is 0.123 e. The summed E-state index contributed by atoms with van der Waals surface area (Å²) in [6.45, 7) is 1.04. The molecule has 2 atom stereocenters. The SMILES string of the molecule is CN(Cc1ccc(F)cc1CN)C1CCCCC1O. The minimum absolute atomic E-state index is 0.199. The molecule has 0 aliphatic heterocycles. The molecule has 1 aromatic carbocycles. The van der Waals surface area contributed by atoms with Gasteiger partial charge in [0.25, 0.3) is 0 Å². The average Bonchev–Trinajstić information content (AvgIpc) is 2.41. The molecule has 1 aliphatic carbocycles. The number of nitrogens with two attached hydrogens (primary N) is 1. The van der Waals surface area contributed by atoms with E-state index in [0.717, 1.165) is 30.4 Å². The maximum absolute atomic E-state index is 13.2. The molecule has 0 saturated heterocycles. The normalized spacial score (nSPS) is 23.8.